The molecule has 2 aromatic heterocycles. The quantitative estimate of drug-likeness (QED) is 0.779. The summed E-state index contributed by atoms with van der Waals surface area (Å²) in [4.78, 5) is 4.48. The van der Waals surface area contributed by atoms with Crippen LogP contribution in [0.1, 0.15) is 10.7 Å². The Balaban J connectivity index is 1.92. The summed E-state index contributed by atoms with van der Waals surface area (Å²) in [6.45, 7) is 3.88. The summed E-state index contributed by atoms with van der Waals surface area (Å²) in [5.41, 5.74) is 2.79. The molecule has 0 atom stereocenters. The molecule has 0 saturated carbocycles. The van der Waals surface area contributed by atoms with Gasteiger partial charge in [-0.3, -0.25) is 0 Å². The van der Waals surface area contributed by atoms with Crippen LogP contribution in [0.2, 0.25) is 0 Å². The number of fused-ring (bicyclic) bond motifs is 1. The average Bonchev–Trinajstić information content (AvgIpc) is 3.19. The van der Waals surface area contributed by atoms with Crippen LogP contribution in [0.4, 0.5) is 0 Å². The van der Waals surface area contributed by atoms with Gasteiger partial charge in [-0.05, 0) is 26.0 Å². The number of nitrogens with zero attached hydrogens (tertiary/aromatic N) is 2. The van der Waals surface area contributed by atoms with Gasteiger partial charge in [-0.1, -0.05) is 5.16 Å². The second-order valence-corrected chi connectivity index (χ2v) is 5.98. The average molecular weight is 316 g/mol. The number of hydrogen-bond donors (Lipinski definition) is 1. The molecule has 0 saturated heterocycles. The van der Waals surface area contributed by atoms with E-state index < -0.39 is 0 Å². The first-order chi connectivity index (χ1) is 10.6. The maximum absolute atomic E-state index is 10.4. The minimum absolute atomic E-state index is 0.0145. The van der Waals surface area contributed by atoms with Crippen molar-refractivity contribution in [3.63, 3.8) is 0 Å². The predicted molar refractivity (Wildman–Crippen MR) is 80.3 cm³/mol. The number of aryl methyl sites for hydroxylation is 2. The molecule has 0 spiro atoms. The fourth-order valence-electron chi connectivity index (χ4n) is 2.47. The Morgan fingerprint density at radius 2 is 2.09 bits per heavy atom. The third-order valence-corrected chi connectivity index (χ3v) is 4.27. The second kappa shape index (κ2) is 4.74. The van der Waals surface area contributed by atoms with Gasteiger partial charge in [-0.25, -0.2) is 4.98 Å². The third-order valence-electron chi connectivity index (χ3n) is 3.50. The maximum atomic E-state index is 10.4. The lowest BCUT2D eigenvalue weighted by atomic mass is 10.0. The van der Waals surface area contributed by atoms with Gasteiger partial charge in [0.15, 0.2) is 17.3 Å². The lowest BCUT2D eigenvalue weighted by Gasteiger charge is -2.05. The third kappa shape index (κ3) is 1.86. The lowest BCUT2D eigenvalue weighted by molar-refractivity contribution is 0.171. The Morgan fingerprint density at radius 3 is 2.86 bits per heavy atom. The fourth-order valence-corrected chi connectivity index (χ4v) is 3.08. The van der Waals surface area contributed by atoms with E-state index in [1.165, 1.54) is 0 Å². The summed E-state index contributed by atoms with van der Waals surface area (Å²) in [5.74, 6) is 1.30. The number of aromatic hydroxyl groups is 1. The first kappa shape index (κ1) is 13.1. The van der Waals surface area contributed by atoms with Gasteiger partial charge in [0.1, 0.15) is 0 Å². The molecule has 1 aliphatic heterocycles. The van der Waals surface area contributed by atoms with Gasteiger partial charge in [0, 0.05) is 5.38 Å². The van der Waals surface area contributed by atoms with Gasteiger partial charge in [0.05, 0.1) is 27.5 Å². The molecule has 3 aromatic rings. The Morgan fingerprint density at radius 1 is 1.23 bits per heavy atom. The number of thiazole rings is 1. The van der Waals surface area contributed by atoms with E-state index in [-0.39, 0.29) is 12.5 Å². The van der Waals surface area contributed by atoms with Crippen LogP contribution in [0, 0.1) is 13.8 Å². The van der Waals surface area contributed by atoms with Crippen LogP contribution < -0.4 is 9.47 Å². The maximum Gasteiger partial charge on any atom is 0.231 e. The van der Waals surface area contributed by atoms with Crippen molar-refractivity contribution in [3.05, 3.63) is 28.2 Å². The van der Waals surface area contributed by atoms with Crippen molar-refractivity contribution < 1.29 is 19.1 Å². The van der Waals surface area contributed by atoms with Crippen LogP contribution in [0.5, 0.6) is 17.2 Å². The lowest BCUT2D eigenvalue weighted by Crippen LogP contribution is -1.93. The van der Waals surface area contributed by atoms with Crippen molar-refractivity contribution in [2.75, 3.05) is 6.79 Å². The van der Waals surface area contributed by atoms with Crippen LogP contribution in [0.3, 0.4) is 0 Å². The molecule has 3 heterocycles. The molecule has 0 bridgehead atoms. The Hall–Kier alpha value is -2.54. The summed E-state index contributed by atoms with van der Waals surface area (Å²) in [6, 6.07) is 3.47. The predicted octanol–water partition coefficient (Wildman–Crippen LogP) is 3.52. The van der Waals surface area contributed by atoms with E-state index in [1.54, 1.807) is 23.5 Å². The molecule has 0 unspecified atom stereocenters. The summed E-state index contributed by atoms with van der Waals surface area (Å²) in [6.07, 6.45) is 0. The van der Waals surface area contributed by atoms with E-state index in [0.29, 0.717) is 22.8 Å². The van der Waals surface area contributed by atoms with Crippen LogP contribution in [-0.2, 0) is 0 Å². The topological polar surface area (TPSA) is 77.6 Å². The van der Waals surface area contributed by atoms with Crippen molar-refractivity contribution >= 4 is 11.3 Å². The molecule has 1 aliphatic rings. The van der Waals surface area contributed by atoms with Crippen molar-refractivity contribution in [3.8, 4) is 39.8 Å². The molecule has 0 aliphatic carbocycles. The van der Waals surface area contributed by atoms with Crippen LogP contribution in [-0.4, -0.2) is 22.0 Å². The molecule has 0 radical (unpaired) electrons. The highest BCUT2D eigenvalue weighted by Gasteiger charge is 2.26. The van der Waals surface area contributed by atoms with Gasteiger partial charge < -0.3 is 19.1 Å². The Bertz CT molecular complexity index is 869. The van der Waals surface area contributed by atoms with Gasteiger partial charge in [-0.2, -0.15) is 0 Å². The molecule has 0 amide bonds. The van der Waals surface area contributed by atoms with E-state index in [2.05, 4.69) is 10.1 Å². The van der Waals surface area contributed by atoms with Gasteiger partial charge in [0.2, 0.25) is 12.5 Å². The molecule has 112 valence electrons. The zero-order valence-electron chi connectivity index (χ0n) is 11.9. The number of phenols is 1. The molecular weight excluding hydrogens is 304 g/mol. The standard InChI is InChI=1S/C15H12N2O4S/c1-7-12(10-5-22-8(2)16-10)14(21-17-7)9-3-4-11-15(13(9)18)20-6-19-11/h3-5,18H,6H2,1-2H3. The number of hydrogen-bond acceptors (Lipinski definition) is 7. The largest absolute Gasteiger partial charge is 0.504 e. The molecule has 0 fully saturated rings. The van der Waals surface area contributed by atoms with Crippen LogP contribution >= 0.6 is 11.3 Å². The molecular formula is C15H12N2O4S. The van der Waals surface area contributed by atoms with Gasteiger partial charge in [-0.15, -0.1) is 11.3 Å². The SMILES string of the molecule is Cc1nc(-c2c(C)noc2-c2ccc3c(c2O)OCO3)cs1. The molecule has 4 rings (SSSR count). The number of aromatic nitrogens is 2. The zero-order chi connectivity index (χ0) is 15.3. The Kier molecular flexibility index (Phi) is 2.83. The summed E-state index contributed by atoms with van der Waals surface area (Å²) >= 11 is 1.55. The fraction of sp³-hybridized carbons (Fsp3) is 0.200. The van der Waals surface area contributed by atoms with Crippen molar-refractivity contribution in [2.45, 2.75) is 13.8 Å². The summed E-state index contributed by atoms with van der Waals surface area (Å²) in [7, 11) is 0. The van der Waals surface area contributed by atoms with E-state index in [4.69, 9.17) is 14.0 Å². The van der Waals surface area contributed by atoms with Gasteiger partial charge >= 0.3 is 0 Å². The van der Waals surface area contributed by atoms with E-state index >= 15 is 0 Å². The first-order valence-corrected chi connectivity index (χ1v) is 7.54. The number of phenolic OH excluding ortho intramolecular Hbond substituents is 1. The Labute approximate surface area is 129 Å². The van der Waals surface area contributed by atoms with E-state index in [0.717, 1.165) is 22.0 Å². The normalized spacial score (nSPS) is 12.8. The highest BCUT2D eigenvalue weighted by atomic mass is 32.1. The number of ether oxygens (including phenoxy) is 2. The molecule has 6 nitrogen and oxygen atoms in total. The van der Waals surface area contributed by atoms with E-state index in [9.17, 15) is 5.11 Å². The molecule has 7 heteroatoms. The van der Waals surface area contributed by atoms with Gasteiger partial charge in [0.25, 0.3) is 0 Å². The highest BCUT2D eigenvalue weighted by molar-refractivity contribution is 7.09. The molecule has 1 aromatic carbocycles. The highest BCUT2D eigenvalue weighted by Crippen LogP contribution is 2.48. The summed E-state index contributed by atoms with van der Waals surface area (Å²) < 4.78 is 16.0. The van der Waals surface area contributed by atoms with E-state index in [1.807, 2.05) is 19.2 Å². The van der Waals surface area contributed by atoms with Crippen LogP contribution in [0.15, 0.2) is 22.0 Å². The number of benzene rings is 1. The van der Waals surface area contributed by atoms with Crippen molar-refractivity contribution in [1.82, 2.24) is 10.1 Å². The van der Waals surface area contributed by atoms with Crippen molar-refractivity contribution in [1.29, 1.82) is 0 Å². The van der Waals surface area contributed by atoms with Crippen molar-refractivity contribution in [2.24, 2.45) is 0 Å². The second-order valence-electron chi connectivity index (χ2n) is 4.92. The zero-order valence-corrected chi connectivity index (χ0v) is 12.7. The minimum Gasteiger partial charge on any atom is -0.504 e. The monoisotopic (exact) mass is 316 g/mol. The number of rotatable bonds is 2. The smallest absolute Gasteiger partial charge is 0.231 e. The molecule has 22 heavy (non-hydrogen) atoms. The summed E-state index contributed by atoms with van der Waals surface area (Å²) in [5, 5.41) is 17.4. The first-order valence-electron chi connectivity index (χ1n) is 6.66. The van der Waals surface area contributed by atoms with Crippen LogP contribution in [0.25, 0.3) is 22.6 Å². The molecule has 1 N–H and O–H groups in total. The minimum atomic E-state index is -0.0145.